The molecular weight excluding hydrogens is 545 g/mol. The van der Waals surface area contributed by atoms with Crippen LogP contribution in [-0.2, 0) is 0 Å². The topological polar surface area (TPSA) is 77.8 Å². The van der Waals surface area contributed by atoms with Gasteiger partial charge in [-0.15, -0.1) is 0 Å². The number of halogens is 4. The molecule has 0 heterocycles. The van der Waals surface area contributed by atoms with Gasteiger partial charge in [-0.3, -0.25) is 0 Å². The molecule has 0 aliphatic heterocycles. The first-order valence-electron chi connectivity index (χ1n) is 5.15. The fourth-order valence-electron chi connectivity index (χ4n) is 1.08. The highest BCUT2D eigenvalue weighted by atomic mass is 128. The lowest BCUT2D eigenvalue weighted by Gasteiger charge is -1.95. The highest BCUT2D eigenvalue weighted by molar-refractivity contribution is 15.0. The predicted molar refractivity (Wildman–Crippen MR) is 103 cm³/mol. The number of carboxylic acids is 1. The lowest BCUT2D eigenvalue weighted by Crippen LogP contribution is -1.95. The Morgan fingerprint density at radius 2 is 1.29 bits per heavy atom. The van der Waals surface area contributed by atoms with Gasteiger partial charge in [0.15, 0.2) is 0 Å². The van der Waals surface area contributed by atoms with Crippen molar-refractivity contribution in [3.63, 3.8) is 0 Å². The summed E-state index contributed by atoms with van der Waals surface area (Å²) in [7, 11) is 8.22. The Kier molecular flexibility index (Phi) is 17.3. The second-order valence-electron chi connectivity index (χ2n) is 3.16. The number of para-hydroxylation sites is 2. The third-order valence-electron chi connectivity index (χ3n) is 1.89. The van der Waals surface area contributed by atoms with Crippen LogP contribution in [0.3, 0.4) is 0 Å². The maximum Gasteiger partial charge on any atom is 0.339 e. The van der Waals surface area contributed by atoms with Crippen LogP contribution in [0.15, 0.2) is 54.6 Å². The third kappa shape index (κ3) is 11.8. The second-order valence-corrected chi connectivity index (χ2v) is 3.16. The van der Waals surface area contributed by atoms with Crippen molar-refractivity contribution in [3.8, 4) is 11.5 Å². The number of benzene rings is 2. The Labute approximate surface area is 155 Å². The first kappa shape index (κ1) is 22.8. The summed E-state index contributed by atoms with van der Waals surface area (Å²) in [4.78, 5) is 10.3. The van der Waals surface area contributed by atoms with E-state index in [2.05, 4.69) is 58.9 Å². The number of carboxylic acid groups (broad SMARTS) is 1. The number of aromatic hydroxyl groups is 2. The van der Waals surface area contributed by atoms with E-state index >= 15 is 0 Å². The third-order valence-corrected chi connectivity index (χ3v) is 1.89. The molecule has 3 N–H and O–H groups in total. The zero-order chi connectivity index (χ0) is 16.7. The maximum absolute atomic E-state index is 10.3. The van der Waals surface area contributed by atoms with Crippen molar-refractivity contribution in [1.82, 2.24) is 0 Å². The normalized spacial score (nSPS) is 7.81. The summed E-state index contributed by atoms with van der Waals surface area (Å²) in [5.74, 6) is -0.990. The van der Waals surface area contributed by atoms with Crippen molar-refractivity contribution in [2.45, 2.75) is 0 Å². The molecule has 4 nitrogen and oxygen atoms in total. The molecule has 21 heavy (non-hydrogen) atoms. The van der Waals surface area contributed by atoms with Gasteiger partial charge in [0.1, 0.15) is 17.1 Å². The Hall–Kier alpha value is -0.450. The van der Waals surface area contributed by atoms with E-state index in [1.54, 1.807) is 36.4 Å². The summed E-state index contributed by atoms with van der Waals surface area (Å²) < 4.78 is 0. The first-order valence-corrected chi connectivity index (χ1v) is 12.6. The molecule has 0 fully saturated rings. The van der Waals surface area contributed by atoms with Gasteiger partial charge in [-0.1, -0.05) is 30.3 Å². The molecule has 0 unspecified atom stereocenters. The van der Waals surface area contributed by atoms with Gasteiger partial charge in [-0.2, -0.15) is 0 Å². The number of hydrogen-bond acceptors (Lipinski definition) is 3. The van der Waals surface area contributed by atoms with E-state index in [0.29, 0.717) is 5.75 Å². The van der Waals surface area contributed by atoms with E-state index in [0.717, 1.165) is 0 Å². The molecule has 8 heteroatoms. The molecule has 0 spiro atoms. The second kappa shape index (κ2) is 15.9. The molecule has 2 rings (SSSR count). The summed E-state index contributed by atoms with van der Waals surface area (Å²) in [6.45, 7) is 0. The average Bonchev–Trinajstić information content (AvgIpc) is 2.53. The summed E-state index contributed by atoms with van der Waals surface area (Å²) in [6.07, 6.45) is 0. The summed E-state index contributed by atoms with van der Waals surface area (Å²) >= 11 is 4.24. The summed E-state index contributed by atoms with van der Waals surface area (Å²) in [6, 6.07) is 14.5. The van der Waals surface area contributed by atoms with Crippen LogP contribution in [0.1, 0.15) is 10.4 Å². The van der Waals surface area contributed by atoms with E-state index < -0.39 is 5.97 Å². The summed E-state index contributed by atoms with van der Waals surface area (Å²) in [5.41, 5.74) is -0.0671. The van der Waals surface area contributed by atoms with Gasteiger partial charge in [0.05, 0.1) is 0 Å². The zero-order valence-electron chi connectivity index (χ0n) is 10.5. The van der Waals surface area contributed by atoms with Crippen molar-refractivity contribution in [2.24, 2.45) is 0 Å². The molecule has 0 bridgehead atoms. The molecule has 0 aromatic heterocycles. The molecule has 0 atom stereocenters. The minimum atomic E-state index is -1.11. The van der Waals surface area contributed by atoms with Gasteiger partial charge in [-0.05, 0) is 24.3 Å². The number of hydrogen-bond donors (Lipinski definition) is 3. The Morgan fingerprint density at radius 1 is 0.857 bits per heavy atom. The van der Waals surface area contributed by atoms with Crippen LogP contribution in [0.2, 0.25) is 0 Å². The van der Waals surface area contributed by atoms with Gasteiger partial charge < -0.3 is 15.3 Å². The summed E-state index contributed by atoms with van der Waals surface area (Å²) in [5, 5.41) is 25.9. The van der Waals surface area contributed by atoms with Crippen LogP contribution >= 0.6 is 58.9 Å². The van der Waals surface area contributed by atoms with Crippen molar-refractivity contribution in [2.75, 3.05) is 0 Å². The van der Waals surface area contributed by atoms with Crippen LogP contribution in [-0.4, -0.2) is 21.3 Å². The van der Waals surface area contributed by atoms with Crippen molar-refractivity contribution < 1.29 is 20.1 Å². The molecule has 2 aromatic rings. The number of rotatable bonds is 1. The number of phenols is 2. The Balaban J connectivity index is 0. The smallest absolute Gasteiger partial charge is 0.339 e. The quantitative estimate of drug-likeness (QED) is 0.398. The largest absolute Gasteiger partial charge is 0.508 e. The van der Waals surface area contributed by atoms with Crippen LogP contribution in [0.25, 0.3) is 0 Å². The molecule has 0 saturated carbocycles. The van der Waals surface area contributed by atoms with E-state index in [9.17, 15) is 4.79 Å². The standard InChI is InChI=1S/C7H6O3.C6H6O.Cl2.I2/c8-6-4-2-1-3-5(6)7(9)10;7-6-4-2-1-3-5-6;2*1-2/h1-4,8H,(H,9,10);1-5,7H;;. The maximum atomic E-state index is 10.3. The number of carbonyl (C=O) groups is 1. The highest BCUT2D eigenvalue weighted by Gasteiger charge is 2.05. The molecule has 2 aromatic carbocycles. The van der Waals surface area contributed by atoms with Crippen molar-refractivity contribution in [1.29, 1.82) is 0 Å². The fraction of sp³-hybridized carbons (Fsp3) is 0. The van der Waals surface area contributed by atoms with Crippen molar-refractivity contribution in [3.05, 3.63) is 60.2 Å². The first-order chi connectivity index (χ1) is 10.1. The monoisotopic (exact) mass is 556 g/mol. The lowest BCUT2D eigenvalue weighted by molar-refractivity contribution is 0.0693. The SMILES string of the molecule is ClCl.II.O=C(O)c1ccccc1O.Oc1ccccc1. The number of phenolic OH excluding ortho intramolecular Hbond substituents is 1. The lowest BCUT2D eigenvalue weighted by atomic mass is 10.2. The van der Waals surface area contributed by atoms with Crippen LogP contribution < -0.4 is 0 Å². The predicted octanol–water partition coefficient (Wildman–Crippen LogP) is 5.63. The van der Waals surface area contributed by atoms with Crippen LogP contribution in [0.4, 0.5) is 0 Å². The average molecular weight is 557 g/mol. The van der Waals surface area contributed by atoms with E-state index in [1.807, 2.05) is 6.07 Å². The Morgan fingerprint density at radius 3 is 1.57 bits per heavy atom. The fourth-order valence-corrected chi connectivity index (χ4v) is 1.08. The highest BCUT2D eigenvalue weighted by Crippen LogP contribution is 2.14. The van der Waals surface area contributed by atoms with E-state index in [4.69, 9.17) is 15.3 Å². The van der Waals surface area contributed by atoms with E-state index in [1.165, 1.54) is 12.1 Å². The minimum Gasteiger partial charge on any atom is -0.508 e. The van der Waals surface area contributed by atoms with Crippen LogP contribution in [0, 0.1) is 0 Å². The van der Waals surface area contributed by atoms with Gasteiger partial charge in [0.2, 0.25) is 0 Å². The molecule has 116 valence electrons. The number of aromatic carboxylic acids is 1. The van der Waals surface area contributed by atoms with Gasteiger partial charge in [-0.25, -0.2) is 4.79 Å². The minimum absolute atomic E-state index is 0.0671. The zero-order valence-corrected chi connectivity index (χ0v) is 16.3. The molecule has 0 aliphatic rings. The van der Waals surface area contributed by atoms with Crippen LogP contribution in [0.5, 0.6) is 11.5 Å². The van der Waals surface area contributed by atoms with E-state index in [-0.39, 0.29) is 11.3 Å². The Bertz CT molecular complexity index is 499. The van der Waals surface area contributed by atoms with Gasteiger partial charge >= 0.3 is 5.97 Å². The molecule has 0 aliphatic carbocycles. The molecule has 0 saturated heterocycles. The van der Waals surface area contributed by atoms with Gasteiger partial charge in [0.25, 0.3) is 0 Å². The molecular formula is C13H12Cl2I2O4. The molecule has 0 radical (unpaired) electrons. The van der Waals surface area contributed by atoms with Gasteiger partial charge in [0, 0.05) is 58.9 Å². The molecule has 0 amide bonds. The van der Waals surface area contributed by atoms with Crippen molar-refractivity contribution >= 4 is 64.9 Å².